The number of rotatable bonds is 7. The van der Waals surface area contributed by atoms with Crippen molar-refractivity contribution in [2.45, 2.75) is 25.7 Å². The first-order chi connectivity index (χ1) is 10.6. The summed E-state index contributed by atoms with van der Waals surface area (Å²) < 4.78 is 9.90. The number of benzene rings is 1. The lowest BCUT2D eigenvalue weighted by molar-refractivity contribution is -0.384. The predicted octanol–water partition coefficient (Wildman–Crippen LogP) is 3.14. The van der Waals surface area contributed by atoms with E-state index in [1.807, 2.05) is 0 Å². The summed E-state index contributed by atoms with van der Waals surface area (Å²) in [6.45, 7) is 0. The van der Waals surface area contributed by atoms with E-state index in [0.29, 0.717) is 36.4 Å². The molecule has 1 heterocycles. The number of hydrogen-bond acceptors (Lipinski definition) is 6. The van der Waals surface area contributed by atoms with Crippen molar-refractivity contribution in [3.63, 3.8) is 0 Å². The maximum absolute atomic E-state index is 11.0. The van der Waals surface area contributed by atoms with Crippen LogP contribution in [0.4, 0.5) is 5.69 Å². The smallest absolute Gasteiger partial charge is 0.305 e. The SMILES string of the molecule is COC(=O)CCCCc1nc(-c2ccccc2[N+](=O)[O-])co1. The van der Waals surface area contributed by atoms with E-state index >= 15 is 0 Å². The minimum Gasteiger partial charge on any atom is -0.469 e. The molecule has 0 aliphatic rings. The Hall–Kier alpha value is -2.70. The molecule has 7 heteroatoms. The van der Waals surface area contributed by atoms with E-state index in [-0.39, 0.29) is 11.7 Å². The second kappa shape index (κ2) is 7.35. The second-order valence-corrected chi connectivity index (χ2v) is 4.68. The third-order valence-electron chi connectivity index (χ3n) is 3.18. The van der Waals surface area contributed by atoms with Crippen molar-refractivity contribution >= 4 is 11.7 Å². The van der Waals surface area contributed by atoms with E-state index < -0.39 is 4.92 Å². The largest absolute Gasteiger partial charge is 0.469 e. The zero-order valence-electron chi connectivity index (χ0n) is 12.2. The third-order valence-corrected chi connectivity index (χ3v) is 3.18. The predicted molar refractivity (Wildman–Crippen MR) is 78.2 cm³/mol. The molecule has 0 saturated carbocycles. The number of nitro benzene ring substituents is 1. The number of aromatic nitrogens is 1. The highest BCUT2D eigenvalue weighted by atomic mass is 16.6. The van der Waals surface area contributed by atoms with Gasteiger partial charge in [0.1, 0.15) is 12.0 Å². The number of nitro groups is 1. The van der Waals surface area contributed by atoms with E-state index in [0.717, 1.165) is 6.42 Å². The Morgan fingerprint density at radius 3 is 2.86 bits per heavy atom. The Morgan fingerprint density at radius 2 is 2.14 bits per heavy atom. The lowest BCUT2D eigenvalue weighted by Crippen LogP contribution is -1.99. The molecule has 0 spiro atoms. The van der Waals surface area contributed by atoms with Crippen LogP contribution in [0, 0.1) is 10.1 Å². The molecule has 116 valence electrons. The topological polar surface area (TPSA) is 95.5 Å². The molecule has 0 radical (unpaired) electrons. The zero-order chi connectivity index (χ0) is 15.9. The van der Waals surface area contributed by atoms with Gasteiger partial charge in [-0.1, -0.05) is 12.1 Å². The highest BCUT2D eigenvalue weighted by molar-refractivity contribution is 5.70. The van der Waals surface area contributed by atoms with Crippen LogP contribution in [0.5, 0.6) is 0 Å². The number of ether oxygens (including phenoxy) is 1. The summed E-state index contributed by atoms with van der Waals surface area (Å²) in [7, 11) is 1.36. The fourth-order valence-corrected chi connectivity index (χ4v) is 2.05. The van der Waals surface area contributed by atoms with Gasteiger partial charge < -0.3 is 9.15 Å². The van der Waals surface area contributed by atoms with Crippen LogP contribution in [0.25, 0.3) is 11.3 Å². The highest BCUT2D eigenvalue weighted by Crippen LogP contribution is 2.28. The van der Waals surface area contributed by atoms with E-state index in [2.05, 4.69) is 9.72 Å². The average Bonchev–Trinajstić information content (AvgIpc) is 3.00. The van der Waals surface area contributed by atoms with Crippen LogP contribution in [-0.2, 0) is 16.0 Å². The van der Waals surface area contributed by atoms with Gasteiger partial charge in [0.05, 0.1) is 17.6 Å². The molecule has 0 fully saturated rings. The van der Waals surface area contributed by atoms with Crippen molar-refractivity contribution in [3.8, 4) is 11.3 Å². The monoisotopic (exact) mass is 304 g/mol. The summed E-state index contributed by atoms with van der Waals surface area (Å²) >= 11 is 0. The Labute approximate surface area is 127 Å². The first-order valence-corrected chi connectivity index (χ1v) is 6.87. The average molecular weight is 304 g/mol. The standard InChI is InChI=1S/C15H16N2O5/c1-21-15(18)9-5-4-8-14-16-12(10-22-14)11-6-2-3-7-13(11)17(19)20/h2-3,6-7,10H,4-5,8-9H2,1H3. The summed E-state index contributed by atoms with van der Waals surface area (Å²) in [6, 6.07) is 6.39. The quantitative estimate of drug-likeness (QED) is 0.337. The van der Waals surface area contributed by atoms with Gasteiger partial charge in [0.25, 0.3) is 5.69 Å². The van der Waals surface area contributed by atoms with Gasteiger partial charge in [0, 0.05) is 18.9 Å². The second-order valence-electron chi connectivity index (χ2n) is 4.68. The van der Waals surface area contributed by atoms with Crippen molar-refractivity contribution in [1.29, 1.82) is 0 Å². The Kier molecular flexibility index (Phi) is 5.24. The molecule has 0 aliphatic carbocycles. The van der Waals surface area contributed by atoms with Crippen LogP contribution in [0.1, 0.15) is 25.2 Å². The Bertz CT molecular complexity index is 665. The molecule has 7 nitrogen and oxygen atoms in total. The maximum atomic E-state index is 11.0. The fourth-order valence-electron chi connectivity index (χ4n) is 2.05. The van der Waals surface area contributed by atoms with Gasteiger partial charge in [-0.15, -0.1) is 0 Å². The van der Waals surface area contributed by atoms with Gasteiger partial charge in [-0.05, 0) is 18.9 Å². The first-order valence-electron chi connectivity index (χ1n) is 6.87. The minimum atomic E-state index is -0.444. The van der Waals surface area contributed by atoms with Gasteiger partial charge in [0.15, 0.2) is 5.89 Å². The van der Waals surface area contributed by atoms with Crippen molar-refractivity contribution in [2.75, 3.05) is 7.11 Å². The van der Waals surface area contributed by atoms with Crippen LogP contribution in [0.3, 0.4) is 0 Å². The number of esters is 1. The van der Waals surface area contributed by atoms with Gasteiger partial charge in [-0.3, -0.25) is 14.9 Å². The van der Waals surface area contributed by atoms with E-state index in [9.17, 15) is 14.9 Å². The van der Waals surface area contributed by atoms with Crippen molar-refractivity contribution in [1.82, 2.24) is 4.98 Å². The number of para-hydroxylation sites is 1. The lowest BCUT2D eigenvalue weighted by Gasteiger charge is -1.98. The fraction of sp³-hybridized carbons (Fsp3) is 0.333. The number of oxazole rings is 1. The number of nitrogens with zero attached hydrogens (tertiary/aromatic N) is 2. The summed E-state index contributed by atoms with van der Waals surface area (Å²) in [5, 5.41) is 11.0. The molecule has 2 rings (SSSR count). The van der Waals surface area contributed by atoms with E-state index in [1.165, 1.54) is 19.4 Å². The number of aryl methyl sites for hydroxylation is 1. The van der Waals surface area contributed by atoms with Crippen LogP contribution < -0.4 is 0 Å². The van der Waals surface area contributed by atoms with Crippen molar-refractivity contribution in [3.05, 3.63) is 46.5 Å². The van der Waals surface area contributed by atoms with Crippen molar-refractivity contribution in [2.24, 2.45) is 0 Å². The molecule has 0 amide bonds. The van der Waals surface area contributed by atoms with E-state index in [4.69, 9.17) is 4.42 Å². The summed E-state index contributed by atoms with van der Waals surface area (Å²) in [6.07, 6.45) is 3.74. The number of hydrogen-bond donors (Lipinski definition) is 0. The maximum Gasteiger partial charge on any atom is 0.305 e. The zero-order valence-corrected chi connectivity index (χ0v) is 12.2. The van der Waals surface area contributed by atoms with Crippen LogP contribution in [0.15, 0.2) is 34.9 Å². The normalized spacial score (nSPS) is 10.4. The molecule has 22 heavy (non-hydrogen) atoms. The van der Waals surface area contributed by atoms with Crippen LogP contribution in [0.2, 0.25) is 0 Å². The van der Waals surface area contributed by atoms with Gasteiger partial charge in [-0.2, -0.15) is 0 Å². The molecule has 0 unspecified atom stereocenters. The van der Waals surface area contributed by atoms with Crippen LogP contribution >= 0.6 is 0 Å². The van der Waals surface area contributed by atoms with Gasteiger partial charge in [-0.25, -0.2) is 4.98 Å². The first kappa shape index (κ1) is 15.7. The Balaban J connectivity index is 2.00. The van der Waals surface area contributed by atoms with Crippen LogP contribution in [-0.4, -0.2) is 23.0 Å². The molecule has 0 aliphatic heterocycles. The lowest BCUT2D eigenvalue weighted by atomic mass is 10.1. The summed E-state index contributed by atoms with van der Waals surface area (Å²) in [5.74, 6) is 0.256. The molecule has 0 N–H and O–H groups in total. The van der Waals surface area contributed by atoms with Gasteiger partial charge >= 0.3 is 5.97 Å². The number of methoxy groups -OCH3 is 1. The highest BCUT2D eigenvalue weighted by Gasteiger charge is 2.17. The third kappa shape index (κ3) is 3.91. The van der Waals surface area contributed by atoms with Gasteiger partial charge in [0.2, 0.25) is 0 Å². The minimum absolute atomic E-state index is 0.00644. The molecular weight excluding hydrogens is 288 g/mol. The summed E-state index contributed by atoms with van der Waals surface area (Å²) in [4.78, 5) is 25.8. The Morgan fingerprint density at radius 1 is 1.36 bits per heavy atom. The molecule has 0 atom stereocenters. The molecule has 0 saturated heterocycles. The van der Waals surface area contributed by atoms with E-state index in [1.54, 1.807) is 18.2 Å². The number of carbonyl (C=O) groups excluding carboxylic acids is 1. The molecule has 0 bridgehead atoms. The molecule has 1 aromatic heterocycles. The molecule has 1 aromatic carbocycles. The summed E-state index contributed by atoms with van der Waals surface area (Å²) in [5.41, 5.74) is 0.861. The van der Waals surface area contributed by atoms with Crippen molar-refractivity contribution < 1.29 is 18.9 Å². The molecular formula is C15H16N2O5. The number of carbonyl (C=O) groups is 1. The molecule has 2 aromatic rings. The number of unbranched alkanes of at least 4 members (excludes halogenated alkanes) is 1.